The predicted molar refractivity (Wildman–Crippen MR) is 119 cm³/mol. The van der Waals surface area contributed by atoms with Gasteiger partial charge in [-0.15, -0.1) is 11.8 Å². The third kappa shape index (κ3) is 5.89. The molecule has 7 heteroatoms. The van der Waals surface area contributed by atoms with E-state index in [1.165, 1.54) is 31.0 Å². The predicted octanol–water partition coefficient (Wildman–Crippen LogP) is 5.20. The topological polar surface area (TPSA) is 53.8 Å². The van der Waals surface area contributed by atoms with Crippen molar-refractivity contribution in [3.63, 3.8) is 0 Å². The zero-order valence-corrected chi connectivity index (χ0v) is 19.3. The number of benzene rings is 1. The Morgan fingerprint density at radius 3 is 2.52 bits per heavy atom. The van der Waals surface area contributed by atoms with Crippen molar-refractivity contribution in [2.45, 2.75) is 49.6 Å². The summed E-state index contributed by atoms with van der Waals surface area (Å²) in [5.74, 6) is 1.08. The molecule has 1 saturated carbocycles. The molecule has 2 amide bonds. The van der Waals surface area contributed by atoms with Crippen molar-refractivity contribution in [1.82, 2.24) is 9.80 Å². The van der Waals surface area contributed by atoms with Crippen LogP contribution in [0.4, 0.5) is 0 Å². The van der Waals surface area contributed by atoms with Crippen molar-refractivity contribution in [2.75, 3.05) is 19.8 Å². The lowest BCUT2D eigenvalue weighted by molar-refractivity contribution is -0.129. The summed E-state index contributed by atoms with van der Waals surface area (Å²) in [5.41, 5.74) is 0.610. The van der Waals surface area contributed by atoms with E-state index in [2.05, 4.69) is 15.9 Å². The first-order valence-electron chi connectivity index (χ1n) is 9.93. The minimum Gasteiger partial charge on any atom is -0.452 e. The highest BCUT2D eigenvalue weighted by atomic mass is 79.9. The van der Waals surface area contributed by atoms with E-state index in [9.17, 15) is 9.59 Å². The maximum Gasteiger partial charge on any atom is 0.255 e. The zero-order chi connectivity index (χ0) is 20.8. The molecule has 3 rings (SSSR count). The highest BCUT2D eigenvalue weighted by Gasteiger charge is 2.23. The molecule has 0 radical (unpaired) electrons. The Morgan fingerprint density at radius 1 is 1.10 bits per heavy atom. The van der Waals surface area contributed by atoms with Crippen molar-refractivity contribution >= 4 is 39.5 Å². The molecule has 156 valence electrons. The number of nitrogens with zero attached hydrogens (tertiary/aromatic N) is 2. The number of halogens is 1. The maximum absolute atomic E-state index is 13.0. The lowest BCUT2D eigenvalue weighted by Crippen LogP contribution is -2.39. The molecule has 0 bridgehead atoms. The molecule has 0 atom stereocenters. The summed E-state index contributed by atoms with van der Waals surface area (Å²) in [6.07, 6.45) is 5.85. The van der Waals surface area contributed by atoms with E-state index in [1.54, 1.807) is 11.9 Å². The van der Waals surface area contributed by atoms with Crippen LogP contribution in [0.3, 0.4) is 0 Å². The van der Waals surface area contributed by atoms with Gasteiger partial charge in [-0.1, -0.05) is 31.4 Å². The van der Waals surface area contributed by atoms with Crippen LogP contribution in [0.5, 0.6) is 0 Å². The van der Waals surface area contributed by atoms with E-state index < -0.39 is 0 Å². The van der Waals surface area contributed by atoms with Crippen molar-refractivity contribution in [3.05, 3.63) is 52.4 Å². The Hall–Kier alpha value is -1.73. The Bertz CT molecular complexity index is 848. The number of carbonyl (C=O) groups is 2. The summed E-state index contributed by atoms with van der Waals surface area (Å²) in [6, 6.07) is 11.5. The van der Waals surface area contributed by atoms with E-state index in [-0.39, 0.29) is 11.8 Å². The number of rotatable bonds is 7. The number of furan rings is 1. The first-order valence-corrected chi connectivity index (χ1v) is 11.7. The minimum absolute atomic E-state index is 0.0892. The fraction of sp³-hybridized carbons (Fsp3) is 0.455. The van der Waals surface area contributed by atoms with E-state index in [0.29, 0.717) is 34.3 Å². The highest BCUT2D eigenvalue weighted by Crippen LogP contribution is 2.27. The molecular weight excluding hydrogens is 452 g/mol. The first kappa shape index (κ1) is 22.0. The van der Waals surface area contributed by atoms with Crippen molar-refractivity contribution in [1.29, 1.82) is 0 Å². The van der Waals surface area contributed by atoms with Gasteiger partial charge in [0.1, 0.15) is 5.76 Å². The van der Waals surface area contributed by atoms with Gasteiger partial charge < -0.3 is 14.2 Å². The molecule has 29 heavy (non-hydrogen) atoms. The van der Waals surface area contributed by atoms with Crippen LogP contribution in [-0.4, -0.2) is 47.5 Å². The normalized spacial score (nSPS) is 14.6. The van der Waals surface area contributed by atoms with E-state index in [4.69, 9.17) is 4.42 Å². The average Bonchev–Trinajstić information content (AvgIpc) is 3.16. The number of amides is 2. The van der Waals surface area contributed by atoms with Gasteiger partial charge in [0.2, 0.25) is 5.91 Å². The Balaban J connectivity index is 1.62. The molecule has 2 aromatic rings. The van der Waals surface area contributed by atoms with Crippen LogP contribution in [-0.2, 0) is 11.3 Å². The van der Waals surface area contributed by atoms with Crippen molar-refractivity contribution in [2.24, 2.45) is 0 Å². The van der Waals surface area contributed by atoms with Gasteiger partial charge >= 0.3 is 0 Å². The van der Waals surface area contributed by atoms with Crippen molar-refractivity contribution < 1.29 is 14.0 Å². The fourth-order valence-electron chi connectivity index (χ4n) is 3.63. The lowest BCUT2D eigenvalue weighted by atomic mass is 9.94. The molecule has 0 unspecified atom stereocenters. The van der Waals surface area contributed by atoms with Crippen molar-refractivity contribution in [3.8, 4) is 0 Å². The van der Waals surface area contributed by atoms with E-state index in [1.807, 2.05) is 48.3 Å². The van der Waals surface area contributed by atoms with Gasteiger partial charge in [-0.2, -0.15) is 0 Å². The molecule has 0 spiro atoms. The summed E-state index contributed by atoms with van der Waals surface area (Å²) in [4.78, 5) is 30.0. The van der Waals surface area contributed by atoms with Gasteiger partial charge in [-0.05, 0) is 53.0 Å². The van der Waals surface area contributed by atoms with E-state index >= 15 is 0 Å². The second-order valence-electron chi connectivity index (χ2n) is 7.45. The molecule has 1 aliphatic rings. The number of hydrogen-bond acceptors (Lipinski definition) is 4. The van der Waals surface area contributed by atoms with Gasteiger partial charge in [0, 0.05) is 25.0 Å². The molecule has 0 N–H and O–H groups in total. The number of hydrogen-bond donors (Lipinski definition) is 0. The molecular formula is C22H27BrN2O3S. The Morgan fingerprint density at radius 2 is 1.83 bits per heavy atom. The molecule has 1 heterocycles. The highest BCUT2D eigenvalue weighted by molar-refractivity contribution is 9.10. The van der Waals surface area contributed by atoms with Crippen LogP contribution in [0.15, 0.2) is 50.4 Å². The van der Waals surface area contributed by atoms with Crippen LogP contribution in [0.25, 0.3) is 0 Å². The van der Waals surface area contributed by atoms with Gasteiger partial charge in [0.15, 0.2) is 4.67 Å². The van der Waals surface area contributed by atoms with E-state index in [0.717, 1.165) is 17.7 Å². The fourth-order valence-corrected chi connectivity index (χ4v) is 4.94. The molecule has 1 aromatic heterocycles. The number of thioether (sulfide) groups is 1. The van der Waals surface area contributed by atoms with Crippen LogP contribution in [0.2, 0.25) is 0 Å². The standard InChI is InChI=1S/C22H27BrN2O3S/c1-24(14-17-12-13-20(23)28-17)22(27)18-10-6-7-11-19(18)29-15-21(26)25(2)16-8-4-3-5-9-16/h6-7,10-13,16H,3-5,8-9,14-15H2,1-2H3. The summed E-state index contributed by atoms with van der Waals surface area (Å²) >= 11 is 4.71. The summed E-state index contributed by atoms with van der Waals surface area (Å²) in [7, 11) is 3.66. The van der Waals surface area contributed by atoms with Crippen LogP contribution < -0.4 is 0 Å². The van der Waals surface area contributed by atoms with Crippen LogP contribution in [0.1, 0.15) is 48.2 Å². The first-order chi connectivity index (χ1) is 14.0. The summed E-state index contributed by atoms with van der Waals surface area (Å²) in [5, 5.41) is 0. The maximum atomic E-state index is 13.0. The van der Waals surface area contributed by atoms with Crippen LogP contribution >= 0.6 is 27.7 Å². The van der Waals surface area contributed by atoms with Crippen LogP contribution in [0, 0.1) is 0 Å². The molecule has 0 saturated heterocycles. The Labute approximate surface area is 184 Å². The molecule has 1 aromatic carbocycles. The minimum atomic E-state index is -0.0892. The monoisotopic (exact) mass is 478 g/mol. The van der Waals surface area contributed by atoms with Gasteiger partial charge in [0.05, 0.1) is 17.9 Å². The number of carbonyl (C=O) groups excluding carboxylic acids is 2. The second kappa shape index (κ2) is 10.3. The Kier molecular flexibility index (Phi) is 7.84. The molecule has 1 aliphatic carbocycles. The third-order valence-corrected chi connectivity index (χ3v) is 6.84. The average molecular weight is 479 g/mol. The molecule has 0 aliphatic heterocycles. The van der Waals surface area contributed by atoms with Gasteiger partial charge in [-0.3, -0.25) is 9.59 Å². The summed E-state index contributed by atoms with van der Waals surface area (Å²) in [6.45, 7) is 0.382. The second-order valence-corrected chi connectivity index (χ2v) is 9.25. The zero-order valence-electron chi connectivity index (χ0n) is 16.9. The summed E-state index contributed by atoms with van der Waals surface area (Å²) < 4.78 is 6.14. The quantitative estimate of drug-likeness (QED) is 0.513. The van der Waals surface area contributed by atoms with Gasteiger partial charge in [0.25, 0.3) is 5.91 Å². The molecule has 5 nitrogen and oxygen atoms in total. The smallest absolute Gasteiger partial charge is 0.255 e. The molecule has 1 fully saturated rings. The largest absolute Gasteiger partial charge is 0.452 e. The SMILES string of the molecule is CN(Cc1ccc(Br)o1)C(=O)c1ccccc1SCC(=O)N(C)C1CCCCC1. The van der Waals surface area contributed by atoms with Gasteiger partial charge in [-0.25, -0.2) is 0 Å². The lowest BCUT2D eigenvalue weighted by Gasteiger charge is -2.31. The third-order valence-electron chi connectivity index (χ3n) is 5.35.